The SMILES string of the molecule is Nc1nc(N)c(C(=O)O)nc1F. The summed E-state index contributed by atoms with van der Waals surface area (Å²) in [5, 5.41) is 8.39. The molecule has 0 aliphatic carbocycles. The third-order valence-corrected chi connectivity index (χ3v) is 1.11. The van der Waals surface area contributed by atoms with Gasteiger partial charge in [-0.05, 0) is 0 Å². The molecule has 12 heavy (non-hydrogen) atoms. The van der Waals surface area contributed by atoms with Crippen molar-refractivity contribution in [2.24, 2.45) is 0 Å². The second kappa shape index (κ2) is 2.61. The number of aromatic carboxylic acids is 1. The fraction of sp³-hybridized carbons (Fsp3) is 0. The van der Waals surface area contributed by atoms with E-state index in [4.69, 9.17) is 16.6 Å². The Hall–Kier alpha value is -1.92. The predicted octanol–water partition coefficient (Wildman–Crippen LogP) is -0.522. The van der Waals surface area contributed by atoms with E-state index in [0.717, 1.165) is 0 Å². The molecule has 0 amide bonds. The minimum absolute atomic E-state index is 0.401. The normalized spacial score (nSPS) is 9.75. The van der Waals surface area contributed by atoms with E-state index in [1.165, 1.54) is 0 Å². The zero-order valence-corrected chi connectivity index (χ0v) is 5.78. The monoisotopic (exact) mass is 172 g/mol. The average molecular weight is 172 g/mol. The number of nitrogens with zero attached hydrogens (tertiary/aromatic N) is 2. The third kappa shape index (κ3) is 1.24. The van der Waals surface area contributed by atoms with E-state index in [9.17, 15) is 9.18 Å². The van der Waals surface area contributed by atoms with Gasteiger partial charge < -0.3 is 16.6 Å². The number of hydrogen-bond acceptors (Lipinski definition) is 5. The lowest BCUT2D eigenvalue weighted by Crippen LogP contribution is -2.11. The molecule has 5 N–H and O–H groups in total. The van der Waals surface area contributed by atoms with Gasteiger partial charge in [-0.3, -0.25) is 0 Å². The van der Waals surface area contributed by atoms with Gasteiger partial charge in [0.2, 0.25) is 0 Å². The largest absolute Gasteiger partial charge is 0.476 e. The Morgan fingerprint density at radius 1 is 1.33 bits per heavy atom. The lowest BCUT2D eigenvalue weighted by molar-refractivity contribution is 0.0690. The maximum atomic E-state index is 12.5. The van der Waals surface area contributed by atoms with E-state index in [-0.39, 0.29) is 0 Å². The van der Waals surface area contributed by atoms with Crippen LogP contribution >= 0.6 is 0 Å². The van der Waals surface area contributed by atoms with E-state index in [1.807, 2.05) is 0 Å². The number of carboxylic acids is 1. The minimum atomic E-state index is -1.45. The van der Waals surface area contributed by atoms with Crippen LogP contribution in [0.4, 0.5) is 16.0 Å². The number of carboxylic acid groups (broad SMARTS) is 1. The highest BCUT2D eigenvalue weighted by atomic mass is 19.1. The van der Waals surface area contributed by atoms with Crippen LogP contribution in [0.2, 0.25) is 0 Å². The average Bonchev–Trinajstić information content (AvgIpc) is 1.96. The van der Waals surface area contributed by atoms with Crippen LogP contribution < -0.4 is 11.5 Å². The molecule has 0 unspecified atom stereocenters. The summed E-state index contributed by atoms with van der Waals surface area (Å²) in [5.74, 6) is -3.50. The van der Waals surface area contributed by atoms with Crippen LogP contribution in [-0.2, 0) is 0 Å². The van der Waals surface area contributed by atoms with Gasteiger partial charge in [-0.25, -0.2) is 14.8 Å². The van der Waals surface area contributed by atoms with E-state index >= 15 is 0 Å². The zero-order chi connectivity index (χ0) is 9.30. The number of hydrogen-bond donors (Lipinski definition) is 3. The van der Waals surface area contributed by atoms with Crippen LogP contribution in [0, 0.1) is 5.95 Å². The van der Waals surface area contributed by atoms with Gasteiger partial charge in [0.05, 0.1) is 0 Å². The van der Waals surface area contributed by atoms with Gasteiger partial charge in [0.15, 0.2) is 17.3 Å². The zero-order valence-electron chi connectivity index (χ0n) is 5.78. The molecule has 6 nitrogen and oxygen atoms in total. The molecule has 1 aromatic rings. The van der Waals surface area contributed by atoms with E-state index in [0.29, 0.717) is 0 Å². The van der Waals surface area contributed by atoms with Crippen molar-refractivity contribution in [3.8, 4) is 0 Å². The van der Waals surface area contributed by atoms with Crippen LogP contribution in [-0.4, -0.2) is 21.0 Å². The third-order valence-electron chi connectivity index (χ3n) is 1.11. The van der Waals surface area contributed by atoms with Crippen LogP contribution in [0.1, 0.15) is 10.5 Å². The molecule has 0 saturated carbocycles. The predicted molar refractivity (Wildman–Crippen MR) is 37.8 cm³/mol. The fourth-order valence-corrected chi connectivity index (χ4v) is 0.599. The molecule has 0 saturated heterocycles. The number of carbonyl (C=O) groups is 1. The number of nitrogens with two attached hydrogens (primary N) is 2. The molecular weight excluding hydrogens is 167 g/mol. The van der Waals surface area contributed by atoms with Crippen LogP contribution in [0.15, 0.2) is 0 Å². The molecule has 1 heterocycles. The maximum Gasteiger partial charge on any atom is 0.358 e. The van der Waals surface area contributed by atoms with Gasteiger partial charge in [-0.1, -0.05) is 0 Å². The Labute approximate surface area is 66.0 Å². The van der Waals surface area contributed by atoms with Gasteiger partial charge in [0.1, 0.15) is 0 Å². The smallest absolute Gasteiger partial charge is 0.358 e. The molecule has 0 spiro atoms. The summed E-state index contributed by atoms with van der Waals surface area (Å²) in [7, 11) is 0. The first-order valence-electron chi connectivity index (χ1n) is 2.84. The first-order chi connectivity index (χ1) is 5.52. The van der Waals surface area contributed by atoms with E-state index in [1.54, 1.807) is 0 Å². The van der Waals surface area contributed by atoms with E-state index < -0.39 is 29.2 Å². The van der Waals surface area contributed by atoms with Crippen molar-refractivity contribution < 1.29 is 14.3 Å². The summed E-state index contributed by atoms with van der Waals surface area (Å²) in [5.41, 5.74) is 9.42. The van der Waals surface area contributed by atoms with Crippen LogP contribution in [0.5, 0.6) is 0 Å². The Balaban J connectivity index is 3.33. The summed E-state index contributed by atoms with van der Waals surface area (Å²) in [6.07, 6.45) is 0. The first-order valence-corrected chi connectivity index (χ1v) is 2.84. The van der Waals surface area contributed by atoms with Crippen molar-refractivity contribution in [1.29, 1.82) is 0 Å². The highest BCUT2D eigenvalue weighted by molar-refractivity contribution is 5.90. The molecule has 0 fully saturated rings. The molecule has 0 aromatic carbocycles. The fourth-order valence-electron chi connectivity index (χ4n) is 0.599. The standard InChI is InChI=1S/C5H5FN4O2/c6-2-4(8)10-3(7)1(9-2)5(11)12/h(H,11,12)(H4,7,8,10). The Kier molecular flexibility index (Phi) is 1.78. The molecule has 0 aliphatic rings. The minimum Gasteiger partial charge on any atom is -0.476 e. The summed E-state index contributed by atoms with van der Waals surface area (Å²) < 4.78 is 12.5. The van der Waals surface area contributed by atoms with Gasteiger partial charge >= 0.3 is 5.97 Å². The highest BCUT2D eigenvalue weighted by Gasteiger charge is 2.14. The van der Waals surface area contributed by atoms with Crippen molar-refractivity contribution in [2.45, 2.75) is 0 Å². The van der Waals surface area contributed by atoms with Gasteiger partial charge in [-0.15, -0.1) is 0 Å². The van der Waals surface area contributed by atoms with Crippen molar-refractivity contribution in [3.63, 3.8) is 0 Å². The van der Waals surface area contributed by atoms with Gasteiger partial charge in [-0.2, -0.15) is 4.39 Å². The van der Waals surface area contributed by atoms with Crippen LogP contribution in [0.3, 0.4) is 0 Å². The Morgan fingerprint density at radius 3 is 2.42 bits per heavy atom. The van der Waals surface area contributed by atoms with Crippen molar-refractivity contribution in [1.82, 2.24) is 9.97 Å². The molecule has 1 aromatic heterocycles. The van der Waals surface area contributed by atoms with Crippen molar-refractivity contribution in [3.05, 3.63) is 11.6 Å². The van der Waals surface area contributed by atoms with Crippen LogP contribution in [0.25, 0.3) is 0 Å². The number of nitrogen functional groups attached to an aromatic ring is 2. The van der Waals surface area contributed by atoms with Gasteiger partial charge in [0, 0.05) is 0 Å². The molecule has 1 rings (SSSR count). The lowest BCUT2D eigenvalue weighted by Gasteiger charge is -1.99. The molecule has 7 heteroatoms. The van der Waals surface area contributed by atoms with Crippen molar-refractivity contribution in [2.75, 3.05) is 11.5 Å². The van der Waals surface area contributed by atoms with Crippen molar-refractivity contribution >= 4 is 17.6 Å². The summed E-state index contributed by atoms with van der Waals surface area (Å²) >= 11 is 0. The summed E-state index contributed by atoms with van der Waals surface area (Å²) in [6.45, 7) is 0. The lowest BCUT2D eigenvalue weighted by atomic mass is 10.4. The maximum absolute atomic E-state index is 12.5. The number of aromatic nitrogens is 2. The first kappa shape index (κ1) is 8.18. The number of halogens is 1. The molecule has 0 aliphatic heterocycles. The molecule has 0 bridgehead atoms. The number of rotatable bonds is 1. The Bertz CT molecular complexity index is 340. The quantitative estimate of drug-likeness (QED) is 0.524. The summed E-state index contributed by atoms with van der Waals surface area (Å²) in [6, 6.07) is 0. The second-order valence-corrected chi connectivity index (χ2v) is 1.94. The van der Waals surface area contributed by atoms with Gasteiger partial charge in [0.25, 0.3) is 5.95 Å². The molecule has 0 radical (unpaired) electrons. The molecular formula is C5H5FN4O2. The second-order valence-electron chi connectivity index (χ2n) is 1.94. The highest BCUT2D eigenvalue weighted by Crippen LogP contribution is 2.10. The molecule has 64 valence electrons. The number of anilines is 2. The topological polar surface area (TPSA) is 115 Å². The molecule has 0 atom stereocenters. The van der Waals surface area contributed by atoms with E-state index in [2.05, 4.69) is 9.97 Å². The summed E-state index contributed by atoms with van der Waals surface area (Å²) in [4.78, 5) is 16.5. The Morgan fingerprint density at radius 2 is 1.92 bits per heavy atom.